The van der Waals surface area contributed by atoms with Crippen molar-refractivity contribution in [3.05, 3.63) is 35.5 Å². The lowest BCUT2D eigenvalue weighted by Gasteiger charge is -2.38. The highest BCUT2D eigenvalue weighted by Crippen LogP contribution is 2.40. The van der Waals surface area contributed by atoms with Gasteiger partial charge in [-0.1, -0.05) is 25.5 Å². The summed E-state index contributed by atoms with van der Waals surface area (Å²) in [6.07, 6.45) is 1.35. The summed E-state index contributed by atoms with van der Waals surface area (Å²) in [7, 11) is -2.28. The Bertz CT molecular complexity index is 686. The molecule has 1 aromatic carbocycles. The lowest BCUT2D eigenvalue weighted by molar-refractivity contribution is 0.179. The fourth-order valence-corrected chi connectivity index (χ4v) is 4.44. The van der Waals surface area contributed by atoms with Crippen LogP contribution in [0, 0.1) is 0 Å². The zero-order valence-electron chi connectivity index (χ0n) is 12.1. The normalized spacial score (nSPS) is 23.0. The summed E-state index contributed by atoms with van der Waals surface area (Å²) < 4.78 is 38.1. The highest BCUT2D eigenvalue weighted by atomic mass is 32.2. The molecule has 0 saturated carbocycles. The van der Waals surface area contributed by atoms with Crippen molar-refractivity contribution in [1.82, 2.24) is 4.31 Å². The molecule has 0 N–H and O–H groups in total. The fraction of sp³-hybridized carbons (Fsp3) is 0.429. The van der Waals surface area contributed by atoms with Crippen LogP contribution in [-0.4, -0.2) is 33.1 Å². The van der Waals surface area contributed by atoms with Gasteiger partial charge in [0, 0.05) is 12.1 Å². The Morgan fingerprint density at radius 2 is 2.10 bits per heavy atom. The number of fused-ring (bicyclic) bond motifs is 2. The van der Waals surface area contributed by atoms with Crippen LogP contribution in [0.2, 0.25) is 0 Å². The van der Waals surface area contributed by atoms with Gasteiger partial charge in [-0.25, -0.2) is 8.42 Å². The molecule has 2 heterocycles. The summed E-state index contributed by atoms with van der Waals surface area (Å²) in [6.45, 7) is 4.30. The predicted molar refractivity (Wildman–Crippen MR) is 79.5 cm³/mol. The van der Waals surface area contributed by atoms with Crippen LogP contribution in [0.5, 0.6) is 0 Å². The number of nitrogens with zero attached hydrogens (tertiary/aromatic N) is 1. The van der Waals surface area contributed by atoms with E-state index in [0.717, 1.165) is 12.8 Å². The van der Waals surface area contributed by atoms with Crippen molar-refractivity contribution in [1.29, 1.82) is 0 Å². The van der Waals surface area contributed by atoms with Crippen LogP contribution >= 0.6 is 0 Å². The van der Waals surface area contributed by atoms with E-state index in [-0.39, 0.29) is 6.10 Å². The van der Waals surface area contributed by atoms with Gasteiger partial charge < -0.3 is 9.31 Å². The first-order valence-corrected chi connectivity index (χ1v) is 8.51. The predicted octanol–water partition coefficient (Wildman–Crippen LogP) is 2.13. The maximum absolute atomic E-state index is 12.9. The van der Waals surface area contributed by atoms with Crippen LogP contribution in [0.1, 0.15) is 32.3 Å². The van der Waals surface area contributed by atoms with Crippen LogP contribution in [0.25, 0.3) is 5.76 Å². The molecule has 7 heteroatoms. The minimum atomic E-state index is -3.56. The molecule has 111 valence electrons. The first kappa shape index (κ1) is 14.5. The average Bonchev–Trinajstić information content (AvgIpc) is 2.48. The van der Waals surface area contributed by atoms with Crippen LogP contribution < -0.4 is 0 Å². The third kappa shape index (κ3) is 2.24. The van der Waals surface area contributed by atoms with Gasteiger partial charge in [0.05, 0.1) is 16.7 Å². The zero-order valence-corrected chi connectivity index (χ0v) is 12.9. The van der Waals surface area contributed by atoms with Gasteiger partial charge in [0.25, 0.3) is 10.0 Å². The molecule has 5 nitrogen and oxygen atoms in total. The third-order valence-corrected chi connectivity index (χ3v) is 5.60. The summed E-state index contributed by atoms with van der Waals surface area (Å²) in [5.74, 6) is 0.579. The second kappa shape index (κ2) is 5.38. The number of unbranched alkanes of at least 4 members (excludes halogenated alkanes) is 1. The van der Waals surface area contributed by atoms with Crippen molar-refractivity contribution < 1.29 is 17.7 Å². The van der Waals surface area contributed by atoms with Gasteiger partial charge in [0.15, 0.2) is 0 Å². The van der Waals surface area contributed by atoms with Crippen molar-refractivity contribution >= 4 is 23.5 Å². The minimum Gasteiger partial charge on any atom is -0.536 e. The summed E-state index contributed by atoms with van der Waals surface area (Å²) in [5, 5.41) is 0. The molecule has 1 unspecified atom stereocenters. The molecular formula is C14H17BNO4S. The molecule has 0 amide bonds. The first-order valence-electron chi connectivity index (χ1n) is 7.07. The van der Waals surface area contributed by atoms with E-state index >= 15 is 0 Å². The molecular weight excluding hydrogens is 289 g/mol. The molecule has 1 aromatic rings. The molecule has 0 spiro atoms. The molecule has 1 atom stereocenters. The van der Waals surface area contributed by atoms with Gasteiger partial charge in [-0.3, -0.25) is 4.31 Å². The Morgan fingerprint density at radius 1 is 1.33 bits per heavy atom. The molecule has 2 aliphatic rings. The van der Waals surface area contributed by atoms with E-state index in [9.17, 15) is 8.42 Å². The summed E-state index contributed by atoms with van der Waals surface area (Å²) >= 11 is 0. The zero-order chi connectivity index (χ0) is 15.0. The first-order chi connectivity index (χ1) is 10.1. The molecule has 0 fully saturated rings. The van der Waals surface area contributed by atoms with Crippen molar-refractivity contribution in [3.63, 3.8) is 0 Å². The van der Waals surface area contributed by atoms with Crippen molar-refractivity contribution in [2.24, 2.45) is 0 Å². The van der Waals surface area contributed by atoms with Gasteiger partial charge >= 0.3 is 7.69 Å². The lowest BCUT2D eigenvalue weighted by Crippen LogP contribution is -2.43. The van der Waals surface area contributed by atoms with E-state index in [2.05, 4.69) is 0 Å². The monoisotopic (exact) mass is 306 g/mol. The topological polar surface area (TPSA) is 55.8 Å². The Kier molecular flexibility index (Phi) is 3.71. The number of rotatable bonds is 3. The van der Waals surface area contributed by atoms with E-state index < -0.39 is 10.0 Å². The maximum atomic E-state index is 12.9. The molecule has 0 bridgehead atoms. The number of hydrogen-bond acceptors (Lipinski definition) is 4. The quantitative estimate of drug-likeness (QED) is 0.803. The van der Waals surface area contributed by atoms with E-state index in [1.807, 2.05) is 19.9 Å². The average molecular weight is 306 g/mol. The van der Waals surface area contributed by atoms with Gasteiger partial charge in [-0.15, -0.1) is 0 Å². The SMILES string of the molecule is CCCCN1C2=C(O[B]OC2C)c2ccccc2S1(=O)=O. The van der Waals surface area contributed by atoms with Crippen LogP contribution in [0.3, 0.4) is 0 Å². The summed E-state index contributed by atoms with van der Waals surface area (Å²) in [6, 6.07) is 6.93. The largest absolute Gasteiger partial charge is 0.572 e. The Hall–Kier alpha value is -1.47. The second-order valence-electron chi connectivity index (χ2n) is 5.13. The van der Waals surface area contributed by atoms with E-state index in [0.29, 0.717) is 28.5 Å². The molecule has 3 rings (SSSR count). The highest BCUT2D eigenvalue weighted by molar-refractivity contribution is 7.89. The smallest absolute Gasteiger partial charge is 0.536 e. The molecule has 2 aliphatic heterocycles. The Labute approximate surface area is 125 Å². The fourth-order valence-electron chi connectivity index (χ4n) is 2.66. The van der Waals surface area contributed by atoms with Gasteiger partial charge in [0.2, 0.25) is 0 Å². The number of hydrogen-bond donors (Lipinski definition) is 0. The molecule has 21 heavy (non-hydrogen) atoms. The molecule has 0 aliphatic carbocycles. The van der Waals surface area contributed by atoms with Gasteiger partial charge in [0.1, 0.15) is 5.76 Å². The second-order valence-corrected chi connectivity index (χ2v) is 6.96. The number of sulfonamides is 1. The molecule has 0 saturated heterocycles. The van der Waals surface area contributed by atoms with Crippen LogP contribution in [0.4, 0.5) is 0 Å². The molecule has 1 radical (unpaired) electrons. The maximum Gasteiger partial charge on any atom is 0.572 e. The highest BCUT2D eigenvalue weighted by Gasteiger charge is 2.41. The van der Waals surface area contributed by atoms with E-state index in [1.165, 1.54) is 12.0 Å². The minimum absolute atomic E-state index is 0.294. The summed E-state index contributed by atoms with van der Waals surface area (Å²) in [5.41, 5.74) is 1.19. The molecule has 0 aromatic heterocycles. The van der Waals surface area contributed by atoms with Crippen molar-refractivity contribution in [2.45, 2.75) is 37.7 Å². The summed E-state index contributed by atoms with van der Waals surface area (Å²) in [4.78, 5) is 0.294. The Balaban J connectivity index is 2.21. The number of benzene rings is 1. The van der Waals surface area contributed by atoms with Crippen molar-refractivity contribution in [3.8, 4) is 0 Å². The lowest BCUT2D eigenvalue weighted by atomic mass is 10.1. The van der Waals surface area contributed by atoms with Crippen LogP contribution in [-0.2, 0) is 19.3 Å². The standard InChI is InChI=1S/C14H17BNO4S/c1-3-4-9-16-13-10(2)19-15-20-14(13)11-7-5-6-8-12(11)21(16,17)18/h5-8,10H,3-4,9H2,1-2H3. The van der Waals surface area contributed by atoms with Crippen molar-refractivity contribution in [2.75, 3.05) is 6.54 Å². The van der Waals surface area contributed by atoms with Crippen LogP contribution in [0.15, 0.2) is 34.9 Å². The van der Waals surface area contributed by atoms with E-state index in [4.69, 9.17) is 9.31 Å². The Morgan fingerprint density at radius 3 is 2.86 bits per heavy atom. The van der Waals surface area contributed by atoms with E-state index in [1.54, 1.807) is 18.2 Å². The van der Waals surface area contributed by atoms with Gasteiger partial charge in [-0.2, -0.15) is 0 Å². The third-order valence-electron chi connectivity index (χ3n) is 3.73. The van der Waals surface area contributed by atoms with Gasteiger partial charge in [-0.05, 0) is 25.5 Å².